The Morgan fingerprint density at radius 3 is 2.88 bits per heavy atom. The van der Waals surface area contributed by atoms with Crippen molar-refractivity contribution in [3.63, 3.8) is 0 Å². The molecule has 0 radical (unpaired) electrons. The summed E-state index contributed by atoms with van der Waals surface area (Å²) in [6.45, 7) is 0.769. The lowest BCUT2D eigenvalue weighted by Gasteiger charge is -2.03. The number of aromatic nitrogens is 1. The van der Waals surface area contributed by atoms with Gasteiger partial charge in [-0.1, -0.05) is 6.07 Å². The maximum Gasteiger partial charge on any atom is 0.287 e. The first kappa shape index (κ1) is 11.5. The second-order valence-electron chi connectivity index (χ2n) is 3.41. The number of hydrogen-bond donors (Lipinski definition) is 1. The van der Waals surface area contributed by atoms with E-state index in [2.05, 4.69) is 16.4 Å². The Labute approximate surface area is 102 Å². The molecule has 2 aromatic rings. The van der Waals surface area contributed by atoms with E-state index in [1.807, 2.05) is 11.4 Å². The van der Waals surface area contributed by atoms with E-state index in [1.165, 1.54) is 17.1 Å². The zero-order valence-electron chi connectivity index (χ0n) is 9.00. The fourth-order valence-electron chi connectivity index (χ4n) is 1.37. The van der Waals surface area contributed by atoms with Crippen LogP contribution in [-0.2, 0) is 6.42 Å². The summed E-state index contributed by atoms with van der Waals surface area (Å²) in [5, 5.41) is 15.6. The van der Waals surface area contributed by atoms with Crippen molar-refractivity contribution in [2.45, 2.75) is 6.42 Å². The van der Waals surface area contributed by atoms with Crippen LogP contribution in [0.5, 0.6) is 0 Å². The summed E-state index contributed by atoms with van der Waals surface area (Å²) in [5.41, 5.74) is 0.00815. The third-order valence-corrected chi connectivity index (χ3v) is 3.15. The smallest absolute Gasteiger partial charge is 0.287 e. The molecule has 0 aliphatic heterocycles. The molecule has 0 unspecified atom stereocenters. The summed E-state index contributed by atoms with van der Waals surface area (Å²) >= 11 is 1.71. The maximum absolute atomic E-state index is 10.4. The molecule has 2 aromatic heterocycles. The van der Waals surface area contributed by atoms with Crippen molar-refractivity contribution in [3.8, 4) is 0 Å². The van der Waals surface area contributed by atoms with Crippen molar-refractivity contribution in [2.75, 3.05) is 11.9 Å². The van der Waals surface area contributed by atoms with Gasteiger partial charge in [0.2, 0.25) is 0 Å². The highest BCUT2D eigenvalue weighted by molar-refractivity contribution is 7.09. The Hall–Kier alpha value is -1.95. The van der Waals surface area contributed by atoms with E-state index >= 15 is 0 Å². The van der Waals surface area contributed by atoms with Gasteiger partial charge in [-0.3, -0.25) is 10.1 Å². The normalized spacial score (nSPS) is 10.1. The van der Waals surface area contributed by atoms with Gasteiger partial charge in [0.1, 0.15) is 12.0 Å². The molecule has 0 atom stereocenters. The molecule has 2 rings (SSSR count). The Morgan fingerprint density at radius 2 is 2.29 bits per heavy atom. The summed E-state index contributed by atoms with van der Waals surface area (Å²) in [7, 11) is 0. The monoisotopic (exact) mass is 249 g/mol. The molecule has 0 saturated heterocycles. The van der Waals surface area contributed by atoms with E-state index in [0.29, 0.717) is 5.82 Å². The van der Waals surface area contributed by atoms with Crippen LogP contribution in [0.1, 0.15) is 4.88 Å². The predicted octanol–water partition coefficient (Wildman–Crippen LogP) is 2.71. The van der Waals surface area contributed by atoms with Gasteiger partial charge in [-0.15, -0.1) is 11.3 Å². The molecule has 2 heterocycles. The van der Waals surface area contributed by atoms with Gasteiger partial charge >= 0.3 is 0 Å². The van der Waals surface area contributed by atoms with Crippen LogP contribution in [0.15, 0.2) is 35.8 Å². The lowest BCUT2D eigenvalue weighted by molar-refractivity contribution is -0.385. The molecular formula is C11H11N3O2S. The maximum atomic E-state index is 10.4. The Kier molecular flexibility index (Phi) is 3.66. The summed E-state index contributed by atoms with van der Waals surface area (Å²) in [4.78, 5) is 15.2. The molecule has 0 aromatic carbocycles. The first-order chi connectivity index (χ1) is 8.25. The van der Waals surface area contributed by atoms with E-state index < -0.39 is 4.92 Å². The Bertz CT molecular complexity index is 482. The molecule has 0 saturated carbocycles. The third kappa shape index (κ3) is 3.25. The zero-order valence-corrected chi connectivity index (χ0v) is 9.81. The van der Waals surface area contributed by atoms with Crippen LogP contribution < -0.4 is 5.32 Å². The van der Waals surface area contributed by atoms with Crippen LogP contribution in [-0.4, -0.2) is 16.5 Å². The first-order valence-corrected chi connectivity index (χ1v) is 6.00. The first-order valence-electron chi connectivity index (χ1n) is 5.12. The minimum atomic E-state index is -0.456. The number of thiophene rings is 1. The van der Waals surface area contributed by atoms with Crippen molar-refractivity contribution < 1.29 is 4.92 Å². The predicted molar refractivity (Wildman–Crippen MR) is 67.4 cm³/mol. The number of nitrogens with one attached hydrogen (secondary N) is 1. The van der Waals surface area contributed by atoms with Gasteiger partial charge < -0.3 is 5.32 Å². The molecule has 0 fully saturated rings. The van der Waals surface area contributed by atoms with E-state index in [0.717, 1.165) is 13.0 Å². The van der Waals surface area contributed by atoms with Crippen molar-refractivity contribution in [1.82, 2.24) is 4.98 Å². The van der Waals surface area contributed by atoms with E-state index in [4.69, 9.17) is 0 Å². The highest BCUT2D eigenvalue weighted by Gasteiger charge is 2.04. The molecule has 0 amide bonds. The number of anilines is 1. The molecule has 5 nitrogen and oxygen atoms in total. The van der Waals surface area contributed by atoms with Crippen molar-refractivity contribution in [3.05, 3.63) is 50.8 Å². The van der Waals surface area contributed by atoms with Gasteiger partial charge in [-0.05, 0) is 23.9 Å². The molecular weight excluding hydrogens is 238 g/mol. The van der Waals surface area contributed by atoms with Gasteiger partial charge in [-0.25, -0.2) is 4.98 Å². The molecule has 0 aliphatic rings. The average molecular weight is 249 g/mol. The van der Waals surface area contributed by atoms with Gasteiger partial charge in [0.05, 0.1) is 4.92 Å². The topological polar surface area (TPSA) is 68.1 Å². The van der Waals surface area contributed by atoms with Crippen LogP contribution >= 0.6 is 11.3 Å². The molecule has 0 bridgehead atoms. The van der Waals surface area contributed by atoms with E-state index in [-0.39, 0.29) is 5.69 Å². The van der Waals surface area contributed by atoms with Crippen molar-refractivity contribution >= 4 is 22.8 Å². The largest absolute Gasteiger partial charge is 0.370 e. The molecule has 17 heavy (non-hydrogen) atoms. The Balaban J connectivity index is 1.85. The zero-order chi connectivity index (χ0) is 12.1. The van der Waals surface area contributed by atoms with Gasteiger partial charge in [0.25, 0.3) is 5.69 Å². The molecule has 6 heteroatoms. The van der Waals surface area contributed by atoms with Gasteiger partial charge in [0.15, 0.2) is 0 Å². The summed E-state index contributed by atoms with van der Waals surface area (Å²) in [6.07, 6.45) is 2.18. The van der Waals surface area contributed by atoms with Crippen molar-refractivity contribution in [1.29, 1.82) is 0 Å². The van der Waals surface area contributed by atoms with Crippen LogP contribution in [0, 0.1) is 10.1 Å². The van der Waals surface area contributed by atoms with Crippen LogP contribution in [0.2, 0.25) is 0 Å². The molecule has 88 valence electrons. The highest BCUT2D eigenvalue weighted by Crippen LogP contribution is 2.12. The lowest BCUT2D eigenvalue weighted by atomic mass is 10.3. The lowest BCUT2D eigenvalue weighted by Crippen LogP contribution is -2.05. The number of nitrogens with zero attached hydrogens (tertiary/aromatic N) is 2. The second-order valence-corrected chi connectivity index (χ2v) is 4.45. The average Bonchev–Trinajstić information content (AvgIpc) is 2.83. The second kappa shape index (κ2) is 5.40. The summed E-state index contributed by atoms with van der Waals surface area (Å²) in [6, 6.07) is 7.16. The number of hydrogen-bond acceptors (Lipinski definition) is 5. The summed E-state index contributed by atoms with van der Waals surface area (Å²) in [5.74, 6) is 0.659. The number of nitro groups is 1. The SMILES string of the molecule is O=[N+]([O-])c1ccc(NCCc2cccs2)nc1. The fraction of sp³-hybridized carbons (Fsp3) is 0.182. The van der Waals surface area contributed by atoms with Crippen LogP contribution in [0.25, 0.3) is 0 Å². The van der Waals surface area contributed by atoms with Crippen molar-refractivity contribution in [2.24, 2.45) is 0 Å². The minimum Gasteiger partial charge on any atom is -0.370 e. The summed E-state index contributed by atoms with van der Waals surface area (Å²) < 4.78 is 0. The molecule has 0 spiro atoms. The van der Waals surface area contributed by atoms with Crippen LogP contribution in [0.4, 0.5) is 11.5 Å². The van der Waals surface area contributed by atoms with E-state index in [9.17, 15) is 10.1 Å². The third-order valence-electron chi connectivity index (χ3n) is 2.22. The van der Waals surface area contributed by atoms with E-state index in [1.54, 1.807) is 17.4 Å². The molecule has 1 N–H and O–H groups in total. The molecule has 0 aliphatic carbocycles. The Morgan fingerprint density at radius 1 is 1.41 bits per heavy atom. The van der Waals surface area contributed by atoms with Gasteiger partial charge in [0, 0.05) is 17.5 Å². The number of pyridine rings is 1. The number of rotatable bonds is 5. The minimum absolute atomic E-state index is 0.00815. The fourth-order valence-corrected chi connectivity index (χ4v) is 2.08. The van der Waals surface area contributed by atoms with Gasteiger partial charge in [-0.2, -0.15) is 0 Å². The highest BCUT2D eigenvalue weighted by atomic mass is 32.1. The van der Waals surface area contributed by atoms with Crippen LogP contribution in [0.3, 0.4) is 0 Å². The quantitative estimate of drug-likeness (QED) is 0.653. The standard InChI is InChI=1S/C11H11N3O2S/c15-14(16)9-3-4-11(13-8-9)12-6-5-10-2-1-7-17-10/h1-4,7-8H,5-6H2,(H,12,13).